The van der Waals surface area contributed by atoms with E-state index in [9.17, 15) is 14.7 Å². The summed E-state index contributed by atoms with van der Waals surface area (Å²) in [6.45, 7) is 2.17. The Morgan fingerprint density at radius 2 is 2.04 bits per heavy atom. The Kier molecular flexibility index (Phi) is 3.92. The molecule has 4 aliphatic carbocycles. The number of rotatable bonds is 2. The lowest BCUT2D eigenvalue weighted by molar-refractivity contribution is -0.133. The minimum Gasteiger partial charge on any atom is -0.391 e. The molecule has 0 aliphatic heterocycles. The third-order valence-electron chi connectivity index (χ3n) is 7.60. The van der Waals surface area contributed by atoms with Gasteiger partial charge in [-0.3, -0.25) is 9.59 Å². The average Bonchev–Trinajstić information content (AvgIpc) is 2.89. The van der Waals surface area contributed by atoms with Crippen LogP contribution in [0.4, 0.5) is 0 Å². The molecule has 4 aliphatic rings. The number of allylic oxidation sites excluding steroid dienone is 2. The summed E-state index contributed by atoms with van der Waals surface area (Å²) in [5.41, 5.74) is 0.529. The molecule has 1 unspecified atom stereocenters. The number of alkyl halides is 1. The first kappa shape index (κ1) is 16.7. The van der Waals surface area contributed by atoms with Gasteiger partial charge in [-0.05, 0) is 62.0 Å². The number of halogens is 1. The zero-order valence-electron chi connectivity index (χ0n) is 14.1. The van der Waals surface area contributed by atoms with E-state index in [2.05, 4.69) is 22.9 Å². The van der Waals surface area contributed by atoms with Crippen molar-refractivity contribution in [2.75, 3.05) is 5.33 Å². The Morgan fingerprint density at radius 1 is 1.25 bits per heavy atom. The molecule has 130 valence electrons. The minimum atomic E-state index is -0.526. The van der Waals surface area contributed by atoms with Crippen molar-refractivity contribution in [3.8, 4) is 0 Å². The molecule has 4 heteroatoms. The van der Waals surface area contributed by atoms with Crippen LogP contribution >= 0.6 is 15.9 Å². The lowest BCUT2D eigenvalue weighted by Crippen LogP contribution is -2.55. The number of carbonyl (C=O) groups excluding carboxylic acids is 2. The molecule has 0 aromatic rings. The van der Waals surface area contributed by atoms with Gasteiger partial charge in [-0.1, -0.05) is 34.5 Å². The summed E-state index contributed by atoms with van der Waals surface area (Å²) < 4.78 is 0. The topological polar surface area (TPSA) is 54.4 Å². The molecule has 3 nitrogen and oxygen atoms in total. The SMILES string of the molecule is C[C@]12CC[C@H]3[C@@H](CCC4=CC(=O)C=C[C@@]43C(O)CBr)[C@@H]1CCC2=O. The first-order valence-corrected chi connectivity index (χ1v) is 10.3. The highest BCUT2D eigenvalue weighted by molar-refractivity contribution is 9.09. The third-order valence-corrected chi connectivity index (χ3v) is 8.21. The van der Waals surface area contributed by atoms with Crippen molar-refractivity contribution in [2.24, 2.45) is 28.6 Å². The van der Waals surface area contributed by atoms with E-state index in [1.54, 1.807) is 12.2 Å². The van der Waals surface area contributed by atoms with Gasteiger partial charge in [0.2, 0.25) is 0 Å². The molecule has 0 spiro atoms. The zero-order valence-corrected chi connectivity index (χ0v) is 15.7. The smallest absolute Gasteiger partial charge is 0.178 e. The number of carbonyl (C=O) groups is 2. The number of hydrogen-bond acceptors (Lipinski definition) is 3. The number of hydrogen-bond donors (Lipinski definition) is 1. The lowest BCUT2D eigenvalue weighted by atomic mass is 9.47. The molecule has 3 saturated carbocycles. The van der Waals surface area contributed by atoms with Gasteiger partial charge in [0.15, 0.2) is 5.78 Å². The van der Waals surface area contributed by atoms with E-state index in [4.69, 9.17) is 0 Å². The van der Waals surface area contributed by atoms with Crippen LogP contribution in [-0.4, -0.2) is 28.1 Å². The maximum atomic E-state index is 12.5. The fraction of sp³-hybridized carbons (Fsp3) is 0.700. The Morgan fingerprint density at radius 3 is 2.79 bits per heavy atom. The van der Waals surface area contributed by atoms with Gasteiger partial charge in [0.1, 0.15) is 5.78 Å². The van der Waals surface area contributed by atoms with Crippen molar-refractivity contribution in [3.63, 3.8) is 0 Å². The average molecular weight is 393 g/mol. The monoisotopic (exact) mass is 392 g/mol. The lowest BCUT2D eigenvalue weighted by Gasteiger charge is -2.57. The van der Waals surface area contributed by atoms with Gasteiger partial charge in [0.05, 0.1) is 6.10 Å². The van der Waals surface area contributed by atoms with E-state index in [-0.39, 0.29) is 11.2 Å². The summed E-state index contributed by atoms with van der Waals surface area (Å²) in [6.07, 6.45) is 10.4. The first-order chi connectivity index (χ1) is 11.4. The maximum absolute atomic E-state index is 12.5. The van der Waals surface area contributed by atoms with Gasteiger partial charge in [0.25, 0.3) is 0 Å². The summed E-state index contributed by atoms with van der Waals surface area (Å²) in [7, 11) is 0. The van der Waals surface area contributed by atoms with E-state index in [0.29, 0.717) is 28.9 Å². The predicted molar refractivity (Wildman–Crippen MR) is 95.7 cm³/mol. The minimum absolute atomic E-state index is 0.0394. The molecule has 1 N–H and O–H groups in total. The highest BCUT2D eigenvalue weighted by atomic mass is 79.9. The normalized spacial score (nSPS) is 45.3. The van der Waals surface area contributed by atoms with Crippen LogP contribution in [0, 0.1) is 28.6 Å². The van der Waals surface area contributed by atoms with Gasteiger partial charge in [-0.15, -0.1) is 0 Å². The molecule has 0 aromatic carbocycles. The second kappa shape index (κ2) is 5.63. The molecule has 0 amide bonds. The Bertz CT molecular complexity index is 651. The quantitative estimate of drug-likeness (QED) is 0.730. The van der Waals surface area contributed by atoms with Crippen LogP contribution in [0.2, 0.25) is 0 Å². The van der Waals surface area contributed by atoms with Crippen LogP contribution in [0.5, 0.6) is 0 Å². The Balaban J connectivity index is 1.78. The van der Waals surface area contributed by atoms with Crippen LogP contribution < -0.4 is 0 Å². The van der Waals surface area contributed by atoms with Crippen LogP contribution in [0.1, 0.15) is 45.4 Å². The van der Waals surface area contributed by atoms with Crippen LogP contribution in [0.25, 0.3) is 0 Å². The summed E-state index contributed by atoms with van der Waals surface area (Å²) in [4.78, 5) is 24.4. The van der Waals surface area contributed by atoms with E-state index in [0.717, 1.165) is 44.1 Å². The number of ketones is 2. The van der Waals surface area contributed by atoms with Crippen molar-refractivity contribution in [1.29, 1.82) is 0 Å². The molecule has 0 heterocycles. The standard InChI is InChI=1S/C20H25BrO3/c1-19-8-7-16-14(15(19)4-5-17(19)23)3-2-12-10-13(22)6-9-20(12,16)18(24)11-21/h6,9-10,14-16,18,24H,2-5,7-8,11H2,1H3/t14-,15-,16-,18?,19-,20+/m0/s1. The van der Waals surface area contributed by atoms with Crippen molar-refractivity contribution in [3.05, 3.63) is 23.8 Å². The molecule has 0 bridgehead atoms. The fourth-order valence-corrected chi connectivity index (χ4v) is 6.93. The number of aliphatic hydroxyl groups is 1. The number of fused-ring (bicyclic) bond motifs is 5. The molecule has 24 heavy (non-hydrogen) atoms. The van der Waals surface area contributed by atoms with Crippen LogP contribution in [0.15, 0.2) is 23.8 Å². The summed E-state index contributed by atoms with van der Waals surface area (Å²) in [5, 5.41) is 11.4. The Labute approximate surface area is 151 Å². The van der Waals surface area contributed by atoms with E-state index < -0.39 is 11.5 Å². The largest absolute Gasteiger partial charge is 0.391 e. The summed E-state index contributed by atoms with van der Waals surface area (Å²) >= 11 is 3.47. The fourth-order valence-electron chi connectivity index (χ4n) is 6.40. The first-order valence-electron chi connectivity index (χ1n) is 9.15. The van der Waals surface area contributed by atoms with Crippen molar-refractivity contribution < 1.29 is 14.7 Å². The van der Waals surface area contributed by atoms with Gasteiger partial charge >= 0.3 is 0 Å². The van der Waals surface area contributed by atoms with Crippen LogP contribution in [-0.2, 0) is 9.59 Å². The highest BCUT2D eigenvalue weighted by Crippen LogP contribution is 2.64. The molecular formula is C20H25BrO3. The molecule has 3 fully saturated rings. The number of Topliss-reactive ketones (excluding diaryl/α,β-unsaturated/α-hetero) is 1. The third kappa shape index (κ3) is 2.05. The van der Waals surface area contributed by atoms with Gasteiger partial charge < -0.3 is 5.11 Å². The van der Waals surface area contributed by atoms with Gasteiger partial charge in [-0.2, -0.15) is 0 Å². The van der Waals surface area contributed by atoms with Crippen LogP contribution in [0.3, 0.4) is 0 Å². The van der Waals surface area contributed by atoms with Gasteiger partial charge in [0, 0.05) is 22.6 Å². The van der Waals surface area contributed by atoms with E-state index in [1.165, 1.54) is 0 Å². The molecule has 6 atom stereocenters. The van der Waals surface area contributed by atoms with Crippen molar-refractivity contribution in [1.82, 2.24) is 0 Å². The van der Waals surface area contributed by atoms with E-state index >= 15 is 0 Å². The molecule has 0 radical (unpaired) electrons. The molecule has 4 rings (SSSR count). The van der Waals surface area contributed by atoms with Crippen molar-refractivity contribution >= 4 is 27.5 Å². The van der Waals surface area contributed by atoms with E-state index in [1.807, 2.05) is 6.08 Å². The Hall–Kier alpha value is -0.740. The predicted octanol–water partition coefficient (Wildman–Crippen LogP) is 3.60. The maximum Gasteiger partial charge on any atom is 0.178 e. The summed E-state index contributed by atoms with van der Waals surface area (Å²) in [6, 6.07) is 0. The van der Waals surface area contributed by atoms with Crippen molar-refractivity contribution in [2.45, 2.75) is 51.6 Å². The second-order valence-corrected chi connectivity index (χ2v) is 8.99. The number of aliphatic hydroxyl groups excluding tert-OH is 1. The molecule has 0 aromatic heterocycles. The molecular weight excluding hydrogens is 368 g/mol. The zero-order chi connectivity index (χ0) is 17.1. The molecule has 0 saturated heterocycles. The summed E-state index contributed by atoms with van der Waals surface area (Å²) in [5.74, 6) is 1.72. The second-order valence-electron chi connectivity index (χ2n) is 8.34. The van der Waals surface area contributed by atoms with Gasteiger partial charge in [-0.25, -0.2) is 0 Å². The highest BCUT2D eigenvalue weighted by Gasteiger charge is 2.61.